The number of amides is 2. The van der Waals surface area contributed by atoms with Crippen LogP contribution in [0.4, 0.5) is 4.79 Å². The van der Waals surface area contributed by atoms with Gasteiger partial charge in [-0.15, -0.1) is 0 Å². The van der Waals surface area contributed by atoms with Gasteiger partial charge < -0.3 is 15.2 Å². The van der Waals surface area contributed by atoms with E-state index in [9.17, 15) is 4.79 Å². The second-order valence-corrected chi connectivity index (χ2v) is 4.92. The molecule has 0 atom stereocenters. The lowest BCUT2D eigenvalue weighted by Crippen LogP contribution is -2.36. The molecule has 0 bridgehead atoms. The predicted octanol–water partition coefficient (Wildman–Crippen LogP) is 2.43. The first kappa shape index (κ1) is 15.1. The van der Waals surface area contributed by atoms with Gasteiger partial charge in [0.05, 0.1) is 5.69 Å². The Labute approximate surface area is 125 Å². The number of hydrogen-bond acceptors (Lipinski definition) is 2. The minimum absolute atomic E-state index is 0.115. The molecule has 0 fully saturated rings. The Morgan fingerprint density at radius 3 is 2.62 bits per heavy atom. The summed E-state index contributed by atoms with van der Waals surface area (Å²) >= 11 is 0. The quantitative estimate of drug-likeness (QED) is 0.857. The first-order valence-electron chi connectivity index (χ1n) is 7.32. The molecule has 0 saturated heterocycles. The van der Waals surface area contributed by atoms with Gasteiger partial charge in [-0.1, -0.05) is 25.1 Å². The average Bonchev–Trinajstić information content (AvgIpc) is 2.87. The second kappa shape index (κ2) is 7.47. The fourth-order valence-corrected chi connectivity index (χ4v) is 2.11. The molecule has 1 aromatic carbocycles. The molecular weight excluding hydrogens is 264 g/mol. The summed E-state index contributed by atoms with van der Waals surface area (Å²) in [5.74, 6) is 0.951. The Hall–Kier alpha value is -2.30. The lowest BCUT2D eigenvalue weighted by atomic mass is 10.3. The van der Waals surface area contributed by atoms with Crippen molar-refractivity contribution in [2.45, 2.75) is 26.7 Å². The number of benzene rings is 1. The number of aromatic nitrogens is 2. The molecule has 2 aromatic rings. The Morgan fingerprint density at radius 2 is 1.90 bits per heavy atom. The van der Waals surface area contributed by atoms with Crippen LogP contribution in [0.3, 0.4) is 0 Å². The van der Waals surface area contributed by atoms with Crippen molar-refractivity contribution in [3.8, 4) is 5.69 Å². The van der Waals surface area contributed by atoms with Gasteiger partial charge in [0.2, 0.25) is 0 Å². The molecule has 2 rings (SSSR count). The summed E-state index contributed by atoms with van der Waals surface area (Å²) in [6, 6.07) is 10.00. The maximum atomic E-state index is 11.4. The molecule has 1 aromatic heterocycles. The molecule has 5 nitrogen and oxygen atoms in total. The molecule has 0 saturated carbocycles. The lowest BCUT2D eigenvalue weighted by Gasteiger charge is -2.05. The van der Waals surface area contributed by atoms with Crippen molar-refractivity contribution < 1.29 is 4.79 Å². The maximum absolute atomic E-state index is 11.4. The van der Waals surface area contributed by atoms with Crippen LogP contribution in [0.25, 0.3) is 5.69 Å². The van der Waals surface area contributed by atoms with Crippen LogP contribution in [0.1, 0.15) is 24.9 Å². The number of rotatable bonds is 6. The normalized spacial score (nSPS) is 10.4. The van der Waals surface area contributed by atoms with E-state index in [1.165, 1.54) is 0 Å². The van der Waals surface area contributed by atoms with Crippen LogP contribution < -0.4 is 10.6 Å². The Morgan fingerprint density at radius 1 is 1.19 bits per heavy atom. The first-order chi connectivity index (χ1) is 10.2. The highest BCUT2D eigenvalue weighted by Gasteiger charge is 2.06. The van der Waals surface area contributed by atoms with E-state index in [0.29, 0.717) is 13.1 Å². The van der Waals surface area contributed by atoms with Crippen LogP contribution in [-0.4, -0.2) is 28.7 Å². The zero-order valence-corrected chi connectivity index (χ0v) is 12.6. The third-order valence-corrected chi connectivity index (χ3v) is 3.17. The number of para-hydroxylation sites is 1. The number of hydrogen-bond donors (Lipinski definition) is 2. The third-order valence-electron chi connectivity index (χ3n) is 3.17. The van der Waals surface area contributed by atoms with E-state index in [1.807, 2.05) is 38.2 Å². The second-order valence-electron chi connectivity index (χ2n) is 4.92. The van der Waals surface area contributed by atoms with Crippen LogP contribution in [0.5, 0.6) is 0 Å². The number of nitrogens with one attached hydrogen (secondary N) is 2. The van der Waals surface area contributed by atoms with Crippen LogP contribution in [0, 0.1) is 6.92 Å². The molecule has 2 amide bonds. The van der Waals surface area contributed by atoms with E-state index in [2.05, 4.69) is 32.3 Å². The third kappa shape index (κ3) is 4.34. The van der Waals surface area contributed by atoms with Crippen LogP contribution >= 0.6 is 0 Å². The minimum atomic E-state index is -0.115. The molecular formula is C16H22N4O. The number of carbonyl (C=O) groups is 1. The molecule has 0 spiro atoms. The van der Waals surface area contributed by atoms with Gasteiger partial charge in [-0.05, 0) is 25.5 Å². The minimum Gasteiger partial charge on any atom is -0.338 e. The molecule has 0 aliphatic carbocycles. The van der Waals surface area contributed by atoms with Crippen molar-refractivity contribution in [1.82, 2.24) is 20.2 Å². The summed E-state index contributed by atoms with van der Waals surface area (Å²) in [7, 11) is 0. The van der Waals surface area contributed by atoms with Crippen molar-refractivity contribution >= 4 is 6.03 Å². The van der Waals surface area contributed by atoms with Gasteiger partial charge in [-0.25, -0.2) is 9.78 Å². The molecule has 21 heavy (non-hydrogen) atoms. The average molecular weight is 286 g/mol. The van der Waals surface area contributed by atoms with Gasteiger partial charge in [0, 0.05) is 31.4 Å². The fourth-order valence-electron chi connectivity index (χ4n) is 2.11. The Bertz CT molecular complexity index is 577. The van der Waals surface area contributed by atoms with Crippen LogP contribution in [-0.2, 0) is 6.42 Å². The summed E-state index contributed by atoms with van der Waals surface area (Å²) in [4.78, 5) is 16.0. The van der Waals surface area contributed by atoms with Crippen molar-refractivity contribution in [3.63, 3.8) is 0 Å². The zero-order valence-electron chi connectivity index (χ0n) is 12.6. The van der Waals surface area contributed by atoms with E-state index >= 15 is 0 Å². The summed E-state index contributed by atoms with van der Waals surface area (Å²) < 4.78 is 2.06. The molecule has 2 N–H and O–H groups in total. The zero-order chi connectivity index (χ0) is 15.1. The highest BCUT2D eigenvalue weighted by molar-refractivity contribution is 5.73. The molecule has 112 valence electrons. The van der Waals surface area contributed by atoms with E-state index in [4.69, 9.17) is 0 Å². The van der Waals surface area contributed by atoms with Crippen molar-refractivity contribution in [3.05, 3.63) is 48.0 Å². The fraction of sp³-hybridized carbons (Fsp3) is 0.375. The van der Waals surface area contributed by atoms with Gasteiger partial charge in [-0.2, -0.15) is 0 Å². The van der Waals surface area contributed by atoms with E-state index in [-0.39, 0.29) is 6.03 Å². The number of aryl methyl sites for hydroxylation is 1. The van der Waals surface area contributed by atoms with Crippen LogP contribution in [0.15, 0.2) is 36.5 Å². The summed E-state index contributed by atoms with van der Waals surface area (Å²) in [5.41, 5.74) is 2.08. The largest absolute Gasteiger partial charge is 0.338 e. The number of imidazole rings is 1. The van der Waals surface area contributed by atoms with Gasteiger partial charge >= 0.3 is 6.03 Å². The monoisotopic (exact) mass is 286 g/mol. The van der Waals surface area contributed by atoms with Crippen LogP contribution in [0.2, 0.25) is 0 Å². The highest BCUT2D eigenvalue weighted by atomic mass is 16.2. The Balaban J connectivity index is 1.90. The molecule has 0 radical (unpaired) electrons. The SMILES string of the molecule is CCCNC(=O)NCCc1cn(-c2ccccc2)c(C)n1. The van der Waals surface area contributed by atoms with E-state index in [1.54, 1.807) is 0 Å². The maximum Gasteiger partial charge on any atom is 0.314 e. The standard InChI is InChI=1S/C16H22N4O/c1-3-10-17-16(21)18-11-9-14-12-20(13(2)19-14)15-7-5-4-6-8-15/h4-8,12H,3,9-11H2,1-2H3,(H2,17,18,21). The predicted molar refractivity (Wildman–Crippen MR) is 83.7 cm³/mol. The van der Waals surface area contributed by atoms with Gasteiger partial charge in [0.25, 0.3) is 0 Å². The lowest BCUT2D eigenvalue weighted by molar-refractivity contribution is 0.241. The van der Waals surface area contributed by atoms with E-state index < -0.39 is 0 Å². The summed E-state index contributed by atoms with van der Waals surface area (Å²) in [6.45, 7) is 5.30. The number of urea groups is 1. The Kier molecular flexibility index (Phi) is 5.37. The van der Waals surface area contributed by atoms with Crippen molar-refractivity contribution in [2.75, 3.05) is 13.1 Å². The smallest absolute Gasteiger partial charge is 0.314 e. The molecule has 5 heteroatoms. The number of nitrogens with zero attached hydrogens (tertiary/aromatic N) is 2. The number of carbonyl (C=O) groups excluding carboxylic acids is 1. The first-order valence-corrected chi connectivity index (χ1v) is 7.32. The van der Waals surface area contributed by atoms with Gasteiger partial charge in [0.1, 0.15) is 5.82 Å². The summed E-state index contributed by atoms with van der Waals surface area (Å²) in [5, 5.41) is 5.62. The van der Waals surface area contributed by atoms with Gasteiger partial charge in [-0.3, -0.25) is 0 Å². The summed E-state index contributed by atoms with van der Waals surface area (Å²) in [6.07, 6.45) is 3.69. The molecule has 1 heterocycles. The van der Waals surface area contributed by atoms with Gasteiger partial charge in [0.15, 0.2) is 0 Å². The molecule has 0 aliphatic rings. The molecule has 0 aliphatic heterocycles. The van der Waals surface area contributed by atoms with E-state index in [0.717, 1.165) is 30.0 Å². The van der Waals surface area contributed by atoms with Crippen molar-refractivity contribution in [2.24, 2.45) is 0 Å². The topological polar surface area (TPSA) is 59.0 Å². The highest BCUT2D eigenvalue weighted by Crippen LogP contribution is 2.12. The van der Waals surface area contributed by atoms with Crippen molar-refractivity contribution in [1.29, 1.82) is 0 Å². The molecule has 0 unspecified atom stereocenters.